The van der Waals surface area contributed by atoms with E-state index in [0.29, 0.717) is 18.8 Å². The zero-order valence-corrected chi connectivity index (χ0v) is 21.5. The second kappa shape index (κ2) is 9.93. The van der Waals surface area contributed by atoms with E-state index < -0.39 is 58.2 Å². The molecule has 202 valence electrons. The molecule has 3 fully saturated rings. The average molecular weight is 528 g/mol. The summed E-state index contributed by atoms with van der Waals surface area (Å²) in [5.41, 5.74) is -0.736. The molecule has 4 nitrogen and oxygen atoms in total. The number of hydrogen-bond acceptors (Lipinski definition) is 3. The number of hydrogen-bond donors (Lipinski definition) is 0. The van der Waals surface area contributed by atoms with Crippen LogP contribution in [0.2, 0.25) is 0 Å². The lowest BCUT2D eigenvalue weighted by Crippen LogP contribution is -2.46. The standard InChI is InChI=1S/C25H38F5NO3S/c1-4-5-6-7-8-9-11-18(12-10-14-24(26,27)25(28,29)30)21(32)31-20-16-19-13-15-23(20,22(19,2)3)17-35(31,33)34/h4,18-20H,1,5-17H2,2-3H3. The van der Waals surface area contributed by atoms with Gasteiger partial charge in [0, 0.05) is 17.8 Å². The SMILES string of the molecule is C=CCCCCCCC(CCCC(F)(F)C(F)(F)F)C(=O)N1C2CC3CCC2(CS1(=O)=O)C3(C)C. The zero-order chi connectivity index (χ0) is 26.3. The number of carbonyl (C=O) groups is 1. The van der Waals surface area contributed by atoms with Crippen LogP contribution in [0.15, 0.2) is 12.7 Å². The first-order chi connectivity index (χ1) is 16.1. The van der Waals surface area contributed by atoms with Gasteiger partial charge in [0.1, 0.15) is 0 Å². The fourth-order valence-corrected chi connectivity index (χ4v) is 9.49. The minimum atomic E-state index is -5.64. The van der Waals surface area contributed by atoms with Crippen LogP contribution in [-0.2, 0) is 14.8 Å². The monoisotopic (exact) mass is 527 g/mol. The molecule has 10 heteroatoms. The van der Waals surface area contributed by atoms with Gasteiger partial charge >= 0.3 is 12.1 Å². The number of rotatable bonds is 12. The molecule has 0 aromatic carbocycles. The molecule has 4 atom stereocenters. The van der Waals surface area contributed by atoms with Crippen LogP contribution in [0.1, 0.15) is 90.9 Å². The van der Waals surface area contributed by atoms with Crippen LogP contribution >= 0.6 is 0 Å². The first-order valence-corrected chi connectivity index (χ1v) is 14.3. The highest BCUT2D eigenvalue weighted by molar-refractivity contribution is 7.90. The van der Waals surface area contributed by atoms with E-state index in [-0.39, 0.29) is 24.0 Å². The molecular weight excluding hydrogens is 489 g/mol. The highest BCUT2D eigenvalue weighted by Gasteiger charge is 2.72. The number of allylic oxidation sites excluding steroid dienone is 1. The van der Waals surface area contributed by atoms with Crippen molar-refractivity contribution in [1.29, 1.82) is 0 Å². The summed E-state index contributed by atoms with van der Waals surface area (Å²) in [6, 6.07) is -0.444. The highest BCUT2D eigenvalue weighted by atomic mass is 32.2. The fourth-order valence-electron chi connectivity index (χ4n) is 6.90. The predicted octanol–water partition coefficient (Wildman–Crippen LogP) is 6.86. The normalized spacial score (nSPS) is 29.9. The maximum Gasteiger partial charge on any atom is 0.453 e. The lowest BCUT2D eigenvalue weighted by molar-refractivity contribution is -0.284. The molecule has 0 aromatic heterocycles. The second-order valence-electron chi connectivity index (χ2n) is 11.3. The fraction of sp³-hybridized carbons (Fsp3) is 0.880. The molecule has 1 heterocycles. The number of halogens is 5. The molecule has 2 saturated carbocycles. The molecule has 1 saturated heterocycles. The van der Waals surface area contributed by atoms with Gasteiger partial charge in [0.05, 0.1) is 11.8 Å². The van der Waals surface area contributed by atoms with E-state index >= 15 is 0 Å². The van der Waals surface area contributed by atoms with Gasteiger partial charge in [-0.15, -0.1) is 6.58 Å². The Bertz CT molecular complexity index is 901. The molecule has 35 heavy (non-hydrogen) atoms. The molecule has 2 bridgehead atoms. The third-order valence-electron chi connectivity index (χ3n) is 9.15. The van der Waals surface area contributed by atoms with Crippen LogP contribution in [0.25, 0.3) is 0 Å². The summed E-state index contributed by atoms with van der Waals surface area (Å²) in [4.78, 5) is 13.6. The van der Waals surface area contributed by atoms with Crippen LogP contribution in [0.3, 0.4) is 0 Å². The summed E-state index contributed by atoms with van der Waals surface area (Å²) in [7, 11) is -3.88. The quantitative estimate of drug-likeness (QED) is 0.158. The molecule has 0 N–H and O–H groups in total. The third-order valence-corrected chi connectivity index (χ3v) is 11.1. The van der Waals surface area contributed by atoms with E-state index in [4.69, 9.17) is 0 Å². The molecule has 1 amide bonds. The number of fused-ring (bicyclic) bond motifs is 1. The summed E-state index contributed by atoms with van der Waals surface area (Å²) in [6.07, 6.45) is 0.586. The number of sulfonamides is 1. The van der Waals surface area contributed by atoms with Gasteiger partial charge in [0.2, 0.25) is 15.9 Å². The summed E-state index contributed by atoms with van der Waals surface area (Å²) in [5.74, 6) is -6.11. The number of alkyl halides is 5. The largest absolute Gasteiger partial charge is 0.453 e. The van der Waals surface area contributed by atoms with E-state index in [0.717, 1.165) is 42.8 Å². The number of nitrogens with zero attached hydrogens (tertiary/aromatic N) is 1. The Balaban J connectivity index is 1.74. The number of unbranched alkanes of at least 4 members (excludes halogenated alkanes) is 4. The van der Waals surface area contributed by atoms with Crippen molar-refractivity contribution in [2.24, 2.45) is 22.7 Å². The van der Waals surface area contributed by atoms with Gasteiger partial charge in [0.15, 0.2) is 0 Å². The van der Waals surface area contributed by atoms with Gasteiger partial charge in [-0.05, 0) is 62.7 Å². The van der Waals surface area contributed by atoms with Gasteiger partial charge in [-0.25, -0.2) is 12.7 Å². The van der Waals surface area contributed by atoms with Gasteiger partial charge in [-0.1, -0.05) is 39.2 Å². The van der Waals surface area contributed by atoms with E-state index in [1.807, 2.05) is 0 Å². The van der Waals surface area contributed by atoms with Crippen LogP contribution in [0.4, 0.5) is 22.0 Å². The second-order valence-corrected chi connectivity index (χ2v) is 13.2. The predicted molar refractivity (Wildman–Crippen MR) is 124 cm³/mol. The molecular formula is C25H38F5NO3S. The van der Waals surface area contributed by atoms with Crippen molar-refractivity contribution in [2.45, 2.75) is 109 Å². The van der Waals surface area contributed by atoms with E-state index in [9.17, 15) is 35.2 Å². The van der Waals surface area contributed by atoms with Crippen LogP contribution in [0.5, 0.6) is 0 Å². The van der Waals surface area contributed by atoms with Crippen molar-refractivity contribution in [3.63, 3.8) is 0 Å². The summed E-state index contributed by atoms with van der Waals surface area (Å²) in [5, 5.41) is 0. The molecule has 0 radical (unpaired) electrons. The Morgan fingerprint density at radius 3 is 2.31 bits per heavy atom. The molecule has 4 unspecified atom stereocenters. The van der Waals surface area contributed by atoms with Gasteiger partial charge in [-0.3, -0.25) is 4.79 Å². The number of carbonyl (C=O) groups excluding carboxylic acids is 1. The highest BCUT2D eigenvalue weighted by Crippen LogP contribution is 2.70. The third kappa shape index (κ3) is 5.14. The van der Waals surface area contributed by atoms with Crippen LogP contribution in [0, 0.1) is 22.7 Å². The number of amides is 1. The van der Waals surface area contributed by atoms with E-state index in [2.05, 4.69) is 20.4 Å². The Morgan fingerprint density at radius 1 is 1.09 bits per heavy atom. The van der Waals surface area contributed by atoms with Crippen molar-refractivity contribution in [3.05, 3.63) is 12.7 Å². The lowest BCUT2D eigenvalue weighted by Gasteiger charge is -2.37. The minimum absolute atomic E-state index is 0.0969. The first-order valence-electron chi connectivity index (χ1n) is 12.7. The van der Waals surface area contributed by atoms with Crippen molar-refractivity contribution in [2.75, 3.05) is 5.75 Å². The molecule has 2 aliphatic carbocycles. The molecule has 3 rings (SSSR count). The van der Waals surface area contributed by atoms with Crippen LogP contribution < -0.4 is 0 Å². The van der Waals surface area contributed by atoms with Crippen molar-refractivity contribution in [3.8, 4) is 0 Å². The smallest absolute Gasteiger partial charge is 0.273 e. The van der Waals surface area contributed by atoms with Gasteiger partial charge in [-0.2, -0.15) is 22.0 Å². The van der Waals surface area contributed by atoms with Crippen molar-refractivity contribution >= 4 is 15.9 Å². The Labute approximate surface area is 205 Å². The maximum atomic E-state index is 13.6. The summed E-state index contributed by atoms with van der Waals surface area (Å²) >= 11 is 0. The Kier molecular flexibility index (Phi) is 8.06. The summed E-state index contributed by atoms with van der Waals surface area (Å²) < 4.78 is 92.3. The first kappa shape index (κ1) is 28.4. The van der Waals surface area contributed by atoms with Gasteiger partial charge in [0.25, 0.3) is 0 Å². The summed E-state index contributed by atoms with van der Waals surface area (Å²) in [6.45, 7) is 7.79. The van der Waals surface area contributed by atoms with Gasteiger partial charge < -0.3 is 0 Å². The Hall–Kier alpha value is -1.19. The molecule has 1 spiro atoms. The topological polar surface area (TPSA) is 54.5 Å². The van der Waals surface area contributed by atoms with E-state index in [1.54, 1.807) is 6.08 Å². The van der Waals surface area contributed by atoms with Crippen LogP contribution in [-0.4, -0.2) is 42.5 Å². The zero-order valence-electron chi connectivity index (χ0n) is 20.7. The maximum absolute atomic E-state index is 13.6. The van der Waals surface area contributed by atoms with Crippen molar-refractivity contribution in [1.82, 2.24) is 4.31 Å². The average Bonchev–Trinajstić information content (AvgIpc) is 3.21. The molecule has 1 aliphatic heterocycles. The molecule has 3 aliphatic rings. The molecule has 0 aromatic rings. The lowest BCUT2D eigenvalue weighted by atomic mass is 9.69. The minimum Gasteiger partial charge on any atom is -0.273 e. The Morgan fingerprint density at radius 2 is 1.71 bits per heavy atom. The van der Waals surface area contributed by atoms with E-state index in [1.165, 1.54) is 0 Å². The van der Waals surface area contributed by atoms with Crippen molar-refractivity contribution < 1.29 is 35.2 Å².